The zero-order valence-electron chi connectivity index (χ0n) is 14.7. The molecule has 2 fully saturated rings. The first kappa shape index (κ1) is 17.6. The number of benzene rings is 1. The van der Waals surface area contributed by atoms with Gasteiger partial charge in [-0.05, 0) is 37.0 Å². The minimum Gasteiger partial charge on any atom is -0.497 e. The molecule has 0 saturated heterocycles. The van der Waals surface area contributed by atoms with E-state index in [1.807, 2.05) is 0 Å². The first-order valence-electron chi connectivity index (χ1n) is 8.76. The normalized spacial score (nSPS) is 24.0. The highest BCUT2D eigenvalue weighted by Gasteiger charge is 2.40. The minimum atomic E-state index is -0.378. The molecule has 0 spiro atoms. The second-order valence-electron chi connectivity index (χ2n) is 6.95. The van der Waals surface area contributed by atoms with Gasteiger partial charge in [-0.15, -0.1) is 0 Å². The fraction of sp³-hybridized carbons (Fsp3) is 0.579. The van der Waals surface area contributed by atoms with Gasteiger partial charge >= 0.3 is 5.97 Å². The smallest absolute Gasteiger partial charge is 0.306 e. The Hall–Kier alpha value is -2.24. The third-order valence-corrected chi connectivity index (χ3v) is 5.31. The number of carbonyl (C=O) groups excluding carboxylic acids is 2. The van der Waals surface area contributed by atoms with Gasteiger partial charge in [0, 0.05) is 30.3 Å². The summed E-state index contributed by atoms with van der Waals surface area (Å²) in [5.41, 5.74) is 0.533. The molecule has 6 heteroatoms. The summed E-state index contributed by atoms with van der Waals surface area (Å²) in [6.07, 6.45) is 5.37. The molecule has 0 heterocycles. The van der Waals surface area contributed by atoms with Crippen LogP contribution in [0.5, 0.6) is 11.5 Å². The number of anilines is 1. The Balaban J connectivity index is 1.45. The Bertz CT molecular complexity index is 622. The van der Waals surface area contributed by atoms with Gasteiger partial charge in [-0.25, -0.2) is 0 Å². The molecule has 2 aliphatic rings. The molecule has 0 aliphatic heterocycles. The quantitative estimate of drug-likeness (QED) is 0.768. The molecule has 3 rings (SSSR count). The van der Waals surface area contributed by atoms with Gasteiger partial charge in [0.25, 0.3) is 5.91 Å². The van der Waals surface area contributed by atoms with Crippen molar-refractivity contribution < 1.29 is 23.8 Å². The van der Waals surface area contributed by atoms with Gasteiger partial charge in [-0.3, -0.25) is 9.59 Å². The molecule has 0 unspecified atom stereocenters. The molecule has 0 aromatic heterocycles. The van der Waals surface area contributed by atoms with Crippen LogP contribution in [-0.2, 0) is 14.3 Å². The summed E-state index contributed by atoms with van der Waals surface area (Å²) in [6.45, 7) is -0.279. The van der Waals surface area contributed by atoms with Crippen LogP contribution in [0.4, 0.5) is 5.69 Å². The van der Waals surface area contributed by atoms with Crippen molar-refractivity contribution in [3.05, 3.63) is 18.2 Å². The largest absolute Gasteiger partial charge is 0.497 e. The van der Waals surface area contributed by atoms with Crippen LogP contribution in [0.1, 0.15) is 32.1 Å². The molecule has 3 atom stereocenters. The standard InChI is InChI=1S/C19H25NO5/c1-23-16-8-15(9-17(10-16)24-2)20-18(21)11-25-19(22)7-14-6-12-3-4-13(14)5-12/h8-10,12-14H,3-7,11H2,1-2H3,(H,20,21)/t12-,13+,14-/m0/s1. The third-order valence-electron chi connectivity index (χ3n) is 5.31. The van der Waals surface area contributed by atoms with Crippen LogP contribution >= 0.6 is 0 Å². The molecule has 1 aromatic rings. The lowest BCUT2D eigenvalue weighted by molar-refractivity contribution is -0.148. The Labute approximate surface area is 147 Å². The van der Waals surface area contributed by atoms with Crippen LogP contribution in [0.3, 0.4) is 0 Å². The van der Waals surface area contributed by atoms with Crippen molar-refractivity contribution in [3.8, 4) is 11.5 Å². The number of carbonyl (C=O) groups is 2. The number of nitrogens with one attached hydrogen (secondary N) is 1. The fourth-order valence-corrected chi connectivity index (χ4v) is 4.12. The van der Waals surface area contributed by atoms with E-state index in [1.54, 1.807) is 18.2 Å². The summed E-state index contributed by atoms with van der Waals surface area (Å²) in [6, 6.07) is 5.07. The molecule has 1 amide bonds. The molecule has 6 nitrogen and oxygen atoms in total. The number of fused-ring (bicyclic) bond motifs is 2. The second-order valence-corrected chi connectivity index (χ2v) is 6.95. The predicted octanol–water partition coefficient (Wildman–Crippen LogP) is 3.01. The number of amides is 1. The summed E-state index contributed by atoms with van der Waals surface area (Å²) >= 11 is 0. The Morgan fingerprint density at radius 2 is 1.80 bits per heavy atom. The van der Waals surface area contributed by atoms with Gasteiger partial charge in [0.2, 0.25) is 0 Å². The maximum absolute atomic E-state index is 12.0. The molecule has 136 valence electrons. The first-order chi connectivity index (χ1) is 12.1. The summed E-state index contributed by atoms with van der Waals surface area (Å²) in [5, 5.41) is 2.69. The Morgan fingerprint density at radius 3 is 2.36 bits per heavy atom. The van der Waals surface area contributed by atoms with Gasteiger partial charge in [0.15, 0.2) is 6.61 Å². The summed E-state index contributed by atoms with van der Waals surface area (Å²) in [7, 11) is 3.08. The van der Waals surface area contributed by atoms with Crippen molar-refractivity contribution in [2.24, 2.45) is 17.8 Å². The van der Waals surface area contributed by atoms with Crippen molar-refractivity contribution in [2.75, 3.05) is 26.1 Å². The monoisotopic (exact) mass is 347 g/mol. The molecule has 25 heavy (non-hydrogen) atoms. The van der Waals surface area contributed by atoms with Crippen molar-refractivity contribution in [2.45, 2.75) is 32.1 Å². The fourth-order valence-electron chi connectivity index (χ4n) is 4.12. The van der Waals surface area contributed by atoms with E-state index in [0.717, 1.165) is 12.3 Å². The van der Waals surface area contributed by atoms with Crippen LogP contribution in [-0.4, -0.2) is 32.7 Å². The maximum Gasteiger partial charge on any atom is 0.306 e. The van der Waals surface area contributed by atoms with E-state index in [-0.39, 0.29) is 18.5 Å². The lowest BCUT2D eigenvalue weighted by atomic mass is 9.86. The average molecular weight is 347 g/mol. The van der Waals surface area contributed by atoms with E-state index in [0.29, 0.717) is 35.4 Å². The number of esters is 1. The van der Waals surface area contributed by atoms with Crippen molar-refractivity contribution in [3.63, 3.8) is 0 Å². The van der Waals surface area contributed by atoms with Crippen molar-refractivity contribution in [1.82, 2.24) is 0 Å². The van der Waals surface area contributed by atoms with Gasteiger partial charge in [0.05, 0.1) is 14.2 Å². The second kappa shape index (κ2) is 7.76. The van der Waals surface area contributed by atoms with E-state index in [4.69, 9.17) is 14.2 Å². The van der Waals surface area contributed by atoms with Crippen molar-refractivity contribution >= 4 is 17.6 Å². The molecule has 0 radical (unpaired) electrons. The predicted molar refractivity (Wildman–Crippen MR) is 92.7 cm³/mol. The Morgan fingerprint density at radius 1 is 1.08 bits per heavy atom. The Kier molecular flexibility index (Phi) is 5.46. The highest BCUT2D eigenvalue weighted by atomic mass is 16.5. The van der Waals surface area contributed by atoms with Crippen molar-refractivity contribution in [1.29, 1.82) is 0 Å². The summed E-state index contributed by atoms with van der Waals surface area (Å²) in [5.74, 6) is 2.40. The summed E-state index contributed by atoms with van der Waals surface area (Å²) < 4.78 is 15.5. The zero-order chi connectivity index (χ0) is 17.8. The number of hydrogen-bond donors (Lipinski definition) is 1. The number of hydrogen-bond acceptors (Lipinski definition) is 5. The topological polar surface area (TPSA) is 73.9 Å². The highest BCUT2D eigenvalue weighted by molar-refractivity contribution is 5.93. The van der Waals surface area contributed by atoms with Gasteiger partial charge in [-0.1, -0.05) is 6.42 Å². The molecule has 2 aliphatic carbocycles. The molecule has 2 saturated carbocycles. The SMILES string of the molecule is COc1cc(NC(=O)COC(=O)C[C@@H]2C[C@H]3CC[C@@H]2C3)cc(OC)c1. The first-order valence-corrected chi connectivity index (χ1v) is 8.76. The molecule has 1 N–H and O–H groups in total. The maximum atomic E-state index is 12.0. The van der Waals surface area contributed by atoms with Crippen LogP contribution in [0.2, 0.25) is 0 Å². The third kappa shape index (κ3) is 4.44. The van der Waals surface area contributed by atoms with E-state index in [2.05, 4.69) is 5.32 Å². The van der Waals surface area contributed by atoms with E-state index in [9.17, 15) is 9.59 Å². The minimum absolute atomic E-state index is 0.279. The van der Waals surface area contributed by atoms with E-state index in [1.165, 1.54) is 33.5 Å². The molecular weight excluding hydrogens is 322 g/mol. The van der Waals surface area contributed by atoms with Crippen LogP contribution in [0, 0.1) is 17.8 Å². The van der Waals surface area contributed by atoms with Gasteiger partial charge < -0.3 is 19.5 Å². The number of rotatable bonds is 7. The molecular formula is C19H25NO5. The summed E-state index contributed by atoms with van der Waals surface area (Å²) in [4.78, 5) is 24.0. The van der Waals surface area contributed by atoms with Gasteiger partial charge in [0.1, 0.15) is 11.5 Å². The number of ether oxygens (including phenoxy) is 3. The highest BCUT2D eigenvalue weighted by Crippen LogP contribution is 2.49. The zero-order valence-corrected chi connectivity index (χ0v) is 14.7. The number of methoxy groups -OCH3 is 2. The van der Waals surface area contributed by atoms with E-state index < -0.39 is 0 Å². The average Bonchev–Trinajstić information content (AvgIpc) is 3.22. The molecule has 1 aromatic carbocycles. The van der Waals surface area contributed by atoms with E-state index >= 15 is 0 Å². The van der Waals surface area contributed by atoms with Crippen LogP contribution in [0.15, 0.2) is 18.2 Å². The lowest BCUT2D eigenvalue weighted by Gasteiger charge is -2.20. The van der Waals surface area contributed by atoms with Crippen LogP contribution in [0.25, 0.3) is 0 Å². The van der Waals surface area contributed by atoms with Gasteiger partial charge in [-0.2, -0.15) is 0 Å². The van der Waals surface area contributed by atoms with Crippen LogP contribution < -0.4 is 14.8 Å². The molecule has 2 bridgehead atoms. The lowest BCUT2D eigenvalue weighted by Crippen LogP contribution is -2.23.